The highest BCUT2D eigenvalue weighted by Gasteiger charge is 2.12. The molecule has 98 valence electrons. The lowest BCUT2D eigenvalue weighted by Gasteiger charge is -2.05. The molecule has 19 heavy (non-hydrogen) atoms. The van der Waals surface area contributed by atoms with Crippen molar-refractivity contribution in [2.75, 3.05) is 5.32 Å². The molecular weight excluding hydrogens is 262 g/mol. The zero-order valence-electron chi connectivity index (χ0n) is 10.6. The van der Waals surface area contributed by atoms with Crippen molar-refractivity contribution in [3.8, 4) is 0 Å². The number of hydrogen-bond acceptors (Lipinski definition) is 3. The van der Waals surface area contributed by atoms with Crippen LogP contribution in [0.3, 0.4) is 0 Å². The van der Waals surface area contributed by atoms with E-state index in [-0.39, 0.29) is 11.5 Å². The molecule has 0 saturated heterocycles. The molecule has 0 saturated carbocycles. The summed E-state index contributed by atoms with van der Waals surface area (Å²) < 4.78 is 0. The summed E-state index contributed by atoms with van der Waals surface area (Å²) in [5, 5.41) is 11.6. The summed E-state index contributed by atoms with van der Waals surface area (Å²) in [7, 11) is 0. The summed E-state index contributed by atoms with van der Waals surface area (Å²) in [6.45, 7) is 3.83. The van der Waals surface area contributed by atoms with Gasteiger partial charge in [-0.15, -0.1) is 11.3 Å². The van der Waals surface area contributed by atoms with Crippen LogP contribution < -0.4 is 5.32 Å². The first kappa shape index (κ1) is 13.3. The fraction of sp³-hybridized carbons (Fsp3) is 0.143. The third kappa shape index (κ3) is 3.00. The van der Waals surface area contributed by atoms with Gasteiger partial charge in [-0.1, -0.05) is 6.07 Å². The van der Waals surface area contributed by atoms with Crippen molar-refractivity contribution >= 4 is 28.9 Å². The largest absolute Gasteiger partial charge is 0.478 e. The number of rotatable bonds is 3. The number of aromatic carboxylic acids is 1. The lowest BCUT2D eigenvalue weighted by atomic mass is 10.2. The van der Waals surface area contributed by atoms with Gasteiger partial charge in [-0.25, -0.2) is 4.79 Å². The van der Waals surface area contributed by atoms with Gasteiger partial charge >= 0.3 is 5.97 Å². The Morgan fingerprint density at radius 2 is 1.95 bits per heavy atom. The molecule has 0 aliphatic rings. The first-order valence-electron chi connectivity index (χ1n) is 5.69. The number of carbonyl (C=O) groups is 2. The minimum Gasteiger partial charge on any atom is -0.478 e. The smallest absolute Gasteiger partial charge is 0.335 e. The second-order valence-corrected chi connectivity index (χ2v) is 5.63. The SMILES string of the molecule is Cc1cc(C(=O)Nc2cccc(C(=O)O)c2)c(C)s1. The molecule has 1 amide bonds. The molecule has 1 aromatic heterocycles. The Balaban J connectivity index is 2.21. The van der Waals surface area contributed by atoms with Crippen LogP contribution in [-0.4, -0.2) is 17.0 Å². The first-order valence-corrected chi connectivity index (χ1v) is 6.51. The van der Waals surface area contributed by atoms with E-state index in [1.54, 1.807) is 23.5 Å². The van der Waals surface area contributed by atoms with E-state index in [1.165, 1.54) is 12.1 Å². The van der Waals surface area contributed by atoms with Gasteiger partial charge in [0.15, 0.2) is 0 Å². The zero-order valence-corrected chi connectivity index (χ0v) is 11.4. The van der Waals surface area contributed by atoms with Crippen LogP contribution >= 0.6 is 11.3 Å². The van der Waals surface area contributed by atoms with Crippen molar-refractivity contribution in [2.45, 2.75) is 13.8 Å². The maximum atomic E-state index is 12.1. The third-order valence-electron chi connectivity index (χ3n) is 2.65. The van der Waals surface area contributed by atoms with Crippen LogP contribution in [0.15, 0.2) is 30.3 Å². The number of benzene rings is 1. The summed E-state index contributed by atoms with van der Waals surface area (Å²) in [4.78, 5) is 25.0. The van der Waals surface area contributed by atoms with Crippen LogP contribution in [0, 0.1) is 13.8 Å². The number of hydrogen-bond donors (Lipinski definition) is 2. The van der Waals surface area contributed by atoms with Crippen LogP contribution in [0.5, 0.6) is 0 Å². The van der Waals surface area contributed by atoms with Gasteiger partial charge in [-0.05, 0) is 38.1 Å². The van der Waals surface area contributed by atoms with Gasteiger partial charge in [0.2, 0.25) is 0 Å². The number of anilines is 1. The van der Waals surface area contributed by atoms with E-state index in [0.717, 1.165) is 9.75 Å². The summed E-state index contributed by atoms with van der Waals surface area (Å²) in [5.41, 5.74) is 1.26. The van der Waals surface area contributed by atoms with Crippen molar-refractivity contribution in [3.05, 3.63) is 51.2 Å². The molecule has 0 bridgehead atoms. The molecule has 0 spiro atoms. The molecule has 1 aromatic carbocycles. The fourth-order valence-electron chi connectivity index (χ4n) is 1.78. The van der Waals surface area contributed by atoms with Gasteiger partial charge < -0.3 is 10.4 Å². The highest BCUT2D eigenvalue weighted by Crippen LogP contribution is 2.22. The van der Waals surface area contributed by atoms with Crippen molar-refractivity contribution in [3.63, 3.8) is 0 Å². The molecule has 0 radical (unpaired) electrons. The van der Waals surface area contributed by atoms with Crippen molar-refractivity contribution in [1.29, 1.82) is 0 Å². The quantitative estimate of drug-likeness (QED) is 0.903. The molecule has 2 rings (SSSR count). The Labute approximate surface area is 114 Å². The molecule has 0 fully saturated rings. The standard InChI is InChI=1S/C14H13NO3S/c1-8-6-12(9(2)19-8)13(16)15-11-5-3-4-10(7-11)14(17)18/h3-7H,1-2H3,(H,15,16)(H,17,18). The normalized spacial score (nSPS) is 10.2. The van der Waals surface area contributed by atoms with Crippen molar-refractivity contribution in [2.24, 2.45) is 0 Å². The lowest BCUT2D eigenvalue weighted by molar-refractivity contribution is 0.0696. The molecular formula is C14H13NO3S. The van der Waals surface area contributed by atoms with Gasteiger partial charge in [-0.3, -0.25) is 4.79 Å². The topological polar surface area (TPSA) is 66.4 Å². The van der Waals surface area contributed by atoms with E-state index in [4.69, 9.17) is 5.11 Å². The van der Waals surface area contributed by atoms with E-state index < -0.39 is 5.97 Å². The number of aryl methyl sites for hydroxylation is 2. The summed E-state index contributed by atoms with van der Waals surface area (Å²) in [6, 6.07) is 8.02. The van der Waals surface area contributed by atoms with Crippen LogP contribution in [0.4, 0.5) is 5.69 Å². The molecule has 5 heteroatoms. The second kappa shape index (κ2) is 5.24. The van der Waals surface area contributed by atoms with E-state index in [1.807, 2.05) is 19.9 Å². The summed E-state index contributed by atoms with van der Waals surface area (Å²) >= 11 is 1.56. The first-order chi connectivity index (χ1) is 8.97. The Morgan fingerprint density at radius 3 is 2.53 bits per heavy atom. The second-order valence-electron chi connectivity index (χ2n) is 4.17. The van der Waals surface area contributed by atoms with Crippen LogP contribution in [0.1, 0.15) is 30.5 Å². The average Bonchev–Trinajstić information content (AvgIpc) is 2.69. The van der Waals surface area contributed by atoms with Gasteiger partial charge in [0, 0.05) is 15.4 Å². The Bertz CT molecular complexity index is 646. The van der Waals surface area contributed by atoms with Gasteiger partial charge in [0.05, 0.1) is 11.1 Å². The minimum absolute atomic E-state index is 0.149. The molecule has 1 heterocycles. The molecule has 0 atom stereocenters. The fourth-order valence-corrected chi connectivity index (χ4v) is 2.71. The average molecular weight is 275 g/mol. The molecule has 4 nitrogen and oxygen atoms in total. The number of carbonyl (C=O) groups excluding carboxylic acids is 1. The highest BCUT2D eigenvalue weighted by atomic mass is 32.1. The summed E-state index contributed by atoms with van der Waals surface area (Å²) in [5.74, 6) is -1.23. The van der Waals surface area contributed by atoms with Gasteiger partial charge in [0.25, 0.3) is 5.91 Å². The lowest BCUT2D eigenvalue weighted by Crippen LogP contribution is -2.12. The highest BCUT2D eigenvalue weighted by molar-refractivity contribution is 7.12. The Morgan fingerprint density at radius 1 is 1.21 bits per heavy atom. The van der Waals surface area contributed by atoms with Crippen molar-refractivity contribution in [1.82, 2.24) is 0 Å². The Kier molecular flexibility index (Phi) is 3.66. The van der Waals surface area contributed by atoms with Crippen LogP contribution in [-0.2, 0) is 0 Å². The number of carboxylic acids is 1. The Hall–Kier alpha value is -2.14. The maximum absolute atomic E-state index is 12.1. The van der Waals surface area contributed by atoms with Crippen molar-refractivity contribution < 1.29 is 14.7 Å². The number of nitrogens with one attached hydrogen (secondary N) is 1. The van der Waals surface area contributed by atoms with E-state index >= 15 is 0 Å². The number of amides is 1. The third-order valence-corrected chi connectivity index (χ3v) is 3.62. The number of thiophene rings is 1. The minimum atomic E-state index is -1.02. The molecule has 2 N–H and O–H groups in total. The monoisotopic (exact) mass is 275 g/mol. The van der Waals surface area contributed by atoms with Crippen LogP contribution in [0.2, 0.25) is 0 Å². The van der Waals surface area contributed by atoms with Crippen LogP contribution in [0.25, 0.3) is 0 Å². The van der Waals surface area contributed by atoms with E-state index in [9.17, 15) is 9.59 Å². The molecule has 0 aliphatic carbocycles. The molecule has 0 unspecified atom stereocenters. The molecule has 2 aromatic rings. The van der Waals surface area contributed by atoms with E-state index in [0.29, 0.717) is 11.3 Å². The predicted molar refractivity (Wildman–Crippen MR) is 75.1 cm³/mol. The molecule has 0 aliphatic heterocycles. The maximum Gasteiger partial charge on any atom is 0.335 e. The summed E-state index contributed by atoms with van der Waals surface area (Å²) in [6.07, 6.45) is 0. The van der Waals surface area contributed by atoms with Gasteiger partial charge in [-0.2, -0.15) is 0 Å². The number of carboxylic acid groups (broad SMARTS) is 1. The van der Waals surface area contributed by atoms with Gasteiger partial charge in [0.1, 0.15) is 0 Å². The predicted octanol–water partition coefficient (Wildman–Crippen LogP) is 3.32. The zero-order chi connectivity index (χ0) is 14.0. The van der Waals surface area contributed by atoms with E-state index in [2.05, 4.69) is 5.32 Å².